The van der Waals surface area contributed by atoms with Crippen molar-refractivity contribution in [1.82, 2.24) is 10.2 Å². The van der Waals surface area contributed by atoms with E-state index in [9.17, 15) is 22.8 Å². The van der Waals surface area contributed by atoms with Gasteiger partial charge in [0.05, 0.1) is 6.54 Å². The fourth-order valence-corrected chi connectivity index (χ4v) is 1.90. The monoisotopic (exact) mass is 331 g/mol. The van der Waals surface area contributed by atoms with Gasteiger partial charge in [-0.3, -0.25) is 9.69 Å². The van der Waals surface area contributed by atoms with E-state index >= 15 is 0 Å². The van der Waals surface area contributed by atoms with Crippen LogP contribution in [0.3, 0.4) is 0 Å². The molecular weight excluding hydrogens is 311 g/mol. The number of carbonyl (C=O) groups excluding carboxylic acids is 2. The number of Topliss-reactive ketones (excluding diaryl/α,β-unsaturated/α-hetero) is 1. The Morgan fingerprint density at radius 2 is 1.78 bits per heavy atom. The summed E-state index contributed by atoms with van der Waals surface area (Å²) in [6.07, 6.45) is -3.81. The second kappa shape index (κ2) is 8.52. The Labute approximate surface area is 132 Å². The standard InChI is InChI=1S/C15H20F3N3O2/c1-11(22)12-4-6-13(7-5-12)20-14(23)19-8-3-9-21(2)10-15(16,17)18/h4-7H,3,8-10H2,1-2H3,(H2,19,20,23). The van der Waals surface area contributed by atoms with Crippen LogP contribution >= 0.6 is 0 Å². The zero-order chi connectivity index (χ0) is 17.5. The molecule has 0 fully saturated rings. The van der Waals surface area contributed by atoms with Gasteiger partial charge in [0.2, 0.25) is 0 Å². The summed E-state index contributed by atoms with van der Waals surface area (Å²) >= 11 is 0. The summed E-state index contributed by atoms with van der Waals surface area (Å²) in [4.78, 5) is 23.9. The summed E-state index contributed by atoms with van der Waals surface area (Å²) in [7, 11) is 1.38. The number of hydrogen-bond acceptors (Lipinski definition) is 3. The molecule has 0 heterocycles. The first-order chi connectivity index (χ1) is 10.7. The van der Waals surface area contributed by atoms with Gasteiger partial charge in [0.15, 0.2) is 5.78 Å². The number of ketones is 1. The SMILES string of the molecule is CC(=O)c1ccc(NC(=O)NCCCN(C)CC(F)(F)F)cc1. The van der Waals surface area contributed by atoms with Crippen LogP contribution in [0, 0.1) is 0 Å². The van der Waals surface area contributed by atoms with Crippen molar-refractivity contribution in [1.29, 1.82) is 0 Å². The van der Waals surface area contributed by atoms with Crippen LogP contribution in [0.5, 0.6) is 0 Å². The van der Waals surface area contributed by atoms with E-state index in [0.29, 0.717) is 17.7 Å². The molecule has 0 atom stereocenters. The Kier molecular flexibility index (Phi) is 7.02. The van der Waals surface area contributed by atoms with Gasteiger partial charge in [-0.2, -0.15) is 13.2 Å². The summed E-state index contributed by atoms with van der Waals surface area (Å²) in [6, 6.07) is 5.97. The third-order valence-corrected chi connectivity index (χ3v) is 3.00. The number of carbonyl (C=O) groups is 2. The maximum Gasteiger partial charge on any atom is 0.401 e. The quantitative estimate of drug-likeness (QED) is 0.596. The molecule has 1 aromatic carbocycles. The van der Waals surface area contributed by atoms with Crippen molar-refractivity contribution in [3.8, 4) is 0 Å². The normalized spacial score (nSPS) is 11.4. The second-order valence-electron chi connectivity index (χ2n) is 5.22. The van der Waals surface area contributed by atoms with Crippen molar-refractivity contribution in [3.05, 3.63) is 29.8 Å². The minimum absolute atomic E-state index is 0.0658. The average Bonchev–Trinajstić information content (AvgIpc) is 2.42. The summed E-state index contributed by atoms with van der Waals surface area (Å²) in [5, 5.41) is 5.14. The Balaban J connectivity index is 2.25. The molecular formula is C15H20F3N3O2. The molecule has 1 rings (SSSR count). The number of anilines is 1. The van der Waals surface area contributed by atoms with Crippen LogP contribution in [0.1, 0.15) is 23.7 Å². The maximum absolute atomic E-state index is 12.1. The Morgan fingerprint density at radius 1 is 1.17 bits per heavy atom. The van der Waals surface area contributed by atoms with Crippen molar-refractivity contribution in [2.75, 3.05) is 32.0 Å². The fraction of sp³-hybridized carbons (Fsp3) is 0.467. The number of rotatable bonds is 7. The highest BCUT2D eigenvalue weighted by Gasteiger charge is 2.28. The average molecular weight is 331 g/mol. The summed E-state index contributed by atoms with van der Waals surface area (Å²) in [5.41, 5.74) is 1.07. The molecule has 0 radical (unpaired) electrons. The molecule has 0 bridgehead atoms. The lowest BCUT2D eigenvalue weighted by Gasteiger charge is -2.18. The zero-order valence-corrected chi connectivity index (χ0v) is 13.0. The number of amides is 2. The highest BCUT2D eigenvalue weighted by Crippen LogP contribution is 2.15. The largest absolute Gasteiger partial charge is 0.401 e. The summed E-state index contributed by atoms with van der Waals surface area (Å²) < 4.78 is 36.4. The summed E-state index contributed by atoms with van der Waals surface area (Å²) in [5.74, 6) is -0.0658. The molecule has 0 saturated carbocycles. The molecule has 2 N–H and O–H groups in total. The molecule has 8 heteroatoms. The third kappa shape index (κ3) is 8.20. The van der Waals surface area contributed by atoms with Crippen LogP contribution < -0.4 is 10.6 Å². The number of alkyl halides is 3. The first-order valence-corrected chi connectivity index (χ1v) is 7.08. The van der Waals surface area contributed by atoms with Crippen LogP contribution in [0.25, 0.3) is 0 Å². The van der Waals surface area contributed by atoms with Gasteiger partial charge in [0.1, 0.15) is 0 Å². The fourth-order valence-electron chi connectivity index (χ4n) is 1.90. The van der Waals surface area contributed by atoms with Crippen LogP contribution in [0.4, 0.5) is 23.7 Å². The van der Waals surface area contributed by atoms with Crippen molar-refractivity contribution < 1.29 is 22.8 Å². The highest BCUT2D eigenvalue weighted by atomic mass is 19.4. The van der Waals surface area contributed by atoms with Crippen molar-refractivity contribution in [2.45, 2.75) is 19.5 Å². The minimum atomic E-state index is -4.22. The van der Waals surface area contributed by atoms with Crippen LogP contribution in [0.2, 0.25) is 0 Å². The van der Waals surface area contributed by atoms with E-state index in [4.69, 9.17) is 0 Å². The molecule has 0 spiro atoms. The van der Waals surface area contributed by atoms with Gasteiger partial charge in [0, 0.05) is 17.8 Å². The van der Waals surface area contributed by atoms with Gasteiger partial charge in [-0.15, -0.1) is 0 Å². The van der Waals surface area contributed by atoms with Gasteiger partial charge >= 0.3 is 12.2 Å². The number of nitrogens with one attached hydrogen (secondary N) is 2. The molecule has 0 unspecified atom stereocenters. The third-order valence-electron chi connectivity index (χ3n) is 3.00. The van der Waals surface area contributed by atoms with E-state index in [1.165, 1.54) is 14.0 Å². The van der Waals surface area contributed by atoms with Crippen molar-refractivity contribution in [2.24, 2.45) is 0 Å². The van der Waals surface area contributed by atoms with Crippen LogP contribution in [-0.4, -0.2) is 49.6 Å². The molecule has 23 heavy (non-hydrogen) atoms. The van der Waals surface area contributed by atoms with E-state index in [1.807, 2.05) is 0 Å². The zero-order valence-electron chi connectivity index (χ0n) is 13.0. The predicted octanol–water partition coefficient (Wildman–Crippen LogP) is 2.89. The van der Waals surface area contributed by atoms with E-state index in [2.05, 4.69) is 10.6 Å². The van der Waals surface area contributed by atoms with Gasteiger partial charge in [-0.25, -0.2) is 4.79 Å². The molecule has 0 aromatic heterocycles. The first kappa shape index (κ1) is 19.0. The number of urea groups is 1. The first-order valence-electron chi connectivity index (χ1n) is 7.08. The van der Waals surface area contributed by atoms with E-state index in [-0.39, 0.29) is 18.9 Å². The van der Waals surface area contributed by atoms with Crippen molar-refractivity contribution >= 4 is 17.5 Å². The van der Waals surface area contributed by atoms with Gasteiger partial charge < -0.3 is 10.6 Å². The smallest absolute Gasteiger partial charge is 0.338 e. The maximum atomic E-state index is 12.1. The van der Waals surface area contributed by atoms with Gasteiger partial charge in [0.25, 0.3) is 0 Å². The number of halogens is 3. The molecule has 0 aliphatic carbocycles. The molecule has 1 aromatic rings. The lowest BCUT2D eigenvalue weighted by atomic mass is 10.1. The summed E-state index contributed by atoms with van der Waals surface area (Å²) in [6.45, 7) is 0.972. The lowest BCUT2D eigenvalue weighted by molar-refractivity contribution is -0.143. The predicted molar refractivity (Wildman–Crippen MR) is 81.6 cm³/mol. The van der Waals surface area contributed by atoms with Gasteiger partial charge in [-0.05, 0) is 51.2 Å². The molecule has 0 saturated heterocycles. The van der Waals surface area contributed by atoms with Crippen LogP contribution in [0.15, 0.2) is 24.3 Å². The number of hydrogen-bond donors (Lipinski definition) is 2. The minimum Gasteiger partial charge on any atom is -0.338 e. The molecule has 0 aliphatic rings. The number of benzene rings is 1. The molecule has 128 valence electrons. The topological polar surface area (TPSA) is 61.4 Å². The highest BCUT2D eigenvalue weighted by molar-refractivity contribution is 5.95. The molecule has 2 amide bonds. The Morgan fingerprint density at radius 3 is 2.30 bits per heavy atom. The van der Waals surface area contributed by atoms with E-state index in [0.717, 1.165) is 4.90 Å². The van der Waals surface area contributed by atoms with Crippen molar-refractivity contribution in [3.63, 3.8) is 0 Å². The second-order valence-corrected chi connectivity index (χ2v) is 5.22. The Bertz CT molecular complexity index is 530. The van der Waals surface area contributed by atoms with Crippen LogP contribution in [-0.2, 0) is 0 Å². The Hall–Kier alpha value is -2.09. The molecule has 0 aliphatic heterocycles. The number of nitrogens with zero attached hydrogens (tertiary/aromatic N) is 1. The lowest BCUT2D eigenvalue weighted by Crippen LogP contribution is -2.34. The van der Waals surface area contributed by atoms with E-state index in [1.54, 1.807) is 24.3 Å². The van der Waals surface area contributed by atoms with Gasteiger partial charge in [-0.1, -0.05) is 0 Å². The molecule has 5 nitrogen and oxygen atoms in total. The van der Waals surface area contributed by atoms with E-state index < -0.39 is 18.8 Å².